The second-order valence-corrected chi connectivity index (χ2v) is 10.1. The van der Waals surface area contributed by atoms with Gasteiger partial charge in [0.15, 0.2) is 11.7 Å². The van der Waals surface area contributed by atoms with Crippen molar-refractivity contribution in [2.45, 2.75) is 37.5 Å². The summed E-state index contributed by atoms with van der Waals surface area (Å²) in [6.07, 6.45) is 3.66. The minimum absolute atomic E-state index is 0.0706. The summed E-state index contributed by atoms with van der Waals surface area (Å²) in [6, 6.07) is 13.5. The maximum absolute atomic E-state index is 12.6. The number of nitrogens with zero attached hydrogens (tertiary/aromatic N) is 2. The molecular formula is C24H26N4O5S. The van der Waals surface area contributed by atoms with Crippen molar-refractivity contribution >= 4 is 21.8 Å². The number of sulfonamides is 1. The lowest BCUT2D eigenvalue weighted by atomic mass is 10.1. The van der Waals surface area contributed by atoms with Gasteiger partial charge in [-0.25, -0.2) is 13.4 Å². The minimum atomic E-state index is -3.54. The zero-order valence-electron chi connectivity index (χ0n) is 18.8. The zero-order chi connectivity index (χ0) is 24.1. The first kappa shape index (κ1) is 23.7. The van der Waals surface area contributed by atoms with E-state index in [0.717, 1.165) is 24.0 Å². The smallest absolute Gasteiger partial charge is 0.269 e. The van der Waals surface area contributed by atoms with E-state index in [0.29, 0.717) is 24.7 Å². The lowest BCUT2D eigenvalue weighted by Crippen LogP contribution is -2.41. The third kappa shape index (κ3) is 5.52. The van der Waals surface area contributed by atoms with Gasteiger partial charge in [-0.3, -0.25) is 20.4 Å². The number of nitrogens with one attached hydrogen (secondary N) is 2. The molecule has 1 aromatic heterocycles. The summed E-state index contributed by atoms with van der Waals surface area (Å²) in [6.45, 7) is 3.02. The Labute approximate surface area is 198 Å². The highest BCUT2D eigenvalue weighted by Gasteiger charge is 2.27. The van der Waals surface area contributed by atoms with E-state index in [-0.39, 0.29) is 23.3 Å². The minimum Gasteiger partial charge on any atom is -0.441 e. The molecular weight excluding hydrogens is 456 g/mol. The van der Waals surface area contributed by atoms with Gasteiger partial charge in [0.1, 0.15) is 0 Å². The number of aryl methyl sites for hydroxylation is 2. The van der Waals surface area contributed by atoms with Crippen LogP contribution in [0.4, 0.5) is 0 Å². The molecule has 0 bridgehead atoms. The van der Waals surface area contributed by atoms with E-state index < -0.39 is 21.8 Å². The number of hydrazine groups is 1. The van der Waals surface area contributed by atoms with E-state index in [1.54, 1.807) is 6.20 Å². The summed E-state index contributed by atoms with van der Waals surface area (Å²) in [7, 11) is -3.54. The van der Waals surface area contributed by atoms with Crippen LogP contribution in [0.3, 0.4) is 0 Å². The maximum atomic E-state index is 12.6. The number of oxazole rings is 1. The van der Waals surface area contributed by atoms with E-state index in [4.69, 9.17) is 4.42 Å². The van der Waals surface area contributed by atoms with Gasteiger partial charge in [0.05, 0.1) is 11.1 Å². The van der Waals surface area contributed by atoms with Crippen LogP contribution in [-0.2, 0) is 21.2 Å². The Kier molecular flexibility index (Phi) is 7.09. The molecule has 9 nitrogen and oxygen atoms in total. The maximum Gasteiger partial charge on any atom is 0.269 e. The topological polar surface area (TPSA) is 122 Å². The van der Waals surface area contributed by atoms with Gasteiger partial charge in [-0.2, -0.15) is 4.31 Å². The van der Waals surface area contributed by atoms with Crippen molar-refractivity contribution in [1.82, 2.24) is 20.1 Å². The number of carbonyl (C=O) groups is 2. The molecule has 178 valence electrons. The van der Waals surface area contributed by atoms with E-state index >= 15 is 0 Å². The van der Waals surface area contributed by atoms with Crippen molar-refractivity contribution in [3.05, 3.63) is 71.7 Å². The normalized spacial score (nSPS) is 14.1. The van der Waals surface area contributed by atoms with Crippen molar-refractivity contribution in [2.75, 3.05) is 13.1 Å². The predicted molar refractivity (Wildman–Crippen MR) is 125 cm³/mol. The molecule has 10 heteroatoms. The second kappa shape index (κ2) is 10.2. The summed E-state index contributed by atoms with van der Waals surface area (Å²) >= 11 is 0. The van der Waals surface area contributed by atoms with Crippen molar-refractivity contribution in [3.63, 3.8) is 0 Å². The summed E-state index contributed by atoms with van der Waals surface area (Å²) in [5, 5.41) is 0. The lowest BCUT2D eigenvalue weighted by molar-refractivity contribution is -0.121. The molecule has 2 heterocycles. The van der Waals surface area contributed by atoms with E-state index in [1.165, 1.54) is 28.6 Å². The number of rotatable bonds is 7. The molecule has 2 N–H and O–H groups in total. The molecule has 0 spiro atoms. The third-order valence-corrected chi connectivity index (χ3v) is 7.50. The number of amides is 2. The monoisotopic (exact) mass is 482 g/mol. The van der Waals surface area contributed by atoms with Gasteiger partial charge in [0, 0.05) is 37.1 Å². The summed E-state index contributed by atoms with van der Waals surface area (Å²) in [5.74, 6) is 0.0960. The van der Waals surface area contributed by atoms with Gasteiger partial charge in [-0.05, 0) is 44.0 Å². The quantitative estimate of drug-likeness (QED) is 0.500. The van der Waals surface area contributed by atoms with Gasteiger partial charge >= 0.3 is 0 Å². The Morgan fingerprint density at radius 1 is 1.00 bits per heavy atom. The fourth-order valence-electron chi connectivity index (χ4n) is 3.61. The van der Waals surface area contributed by atoms with Crippen molar-refractivity contribution in [3.8, 4) is 11.3 Å². The molecule has 34 heavy (non-hydrogen) atoms. The Morgan fingerprint density at radius 3 is 2.35 bits per heavy atom. The summed E-state index contributed by atoms with van der Waals surface area (Å²) in [4.78, 5) is 28.8. The van der Waals surface area contributed by atoms with Crippen LogP contribution in [0, 0.1) is 6.92 Å². The first-order chi connectivity index (χ1) is 16.3. The van der Waals surface area contributed by atoms with Gasteiger partial charge in [-0.15, -0.1) is 0 Å². The van der Waals surface area contributed by atoms with Gasteiger partial charge in [0.25, 0.3) is 5.91 Å². The molecule has 0 radical (unpaired) electrons. The fraction of sp³-hybridized carbons (Fsp3) is 0.292. The molecule has 1 aliphatic heterocycles. The predicted octanol–water partition coefficient (Wildman–Crippen LogP) is 2.83. The first-order valence-corrected chi connectivity index (χ1v) is 12.5. The van der Waals surface area contributed by atoms with E-state index in [1.807, 2.05) is 31.2 Å². The highest BCUT2D eigenvalue weighted by atomic mass is 32.2. The van der Waals surface area contributed by atoms with Crippen LogP contribution in [-0.4, -0.2) is 42.6 Å². The van der Waals surface area contributed by atoms with Gasteiger partial charge < -0.3 is 4.42 Å². The number of carbonyl (C=O) groups excluding carboxylic acids is 2. The van der Waals surface area contributed by atoms with Crippen LogP contribution in [0.15, 0.2) is 64.0 Å². The van der Waals surface area contributed by atoms with Crippen LogP contribution in [0.5, 0.6) is 0 Å². The molecule has 1 saturated heterocycles. The van der Waals surface area contributed by atoms with Crippen LogP contribution >= 0.6 is 0 Å². The van der Waals surface area contributed by atoms with E-state index in [9.17, 15) is 18.0 Å². The molecule has 1 fully saturated rings. The highest BCUT2D eigenvalue weighted by Crippen LogP contribution is 2.22. The number of hydrogen-bond acceptors (Lipinski definition) is 6. The number of hydrogen-bond donors (Lipinski definition) is 2. The average Bonchev–Trinajstić information content (AvgIpc) is 3.55. The van der Waals surface area contributed by atoms with Crippen molar-refractivity contribution < 1.29 is 22.4 Å². The van der Waals surface area contributed by atoms with Crippen molar-refractivity contribution in [2.24, 2.45) is 0 Å². The van der Waals surface area contributed by atoms with Crippen LogP contribution in [0.1, 0.15) is 41.1 Å². The Balaban J connectivity index is 1.25. The molecule has 1 aliphatic rings. The fourth-order valence-corrected chi connectivity index (χ4v) is 5.13. The molecule has 0 aliphatic carbocycles. The Hall–Kier alpha value is -3.50. The van der Waals surface area contributed by atoms with Crippen LogP contribution < -0.4 is 10.9 Å². The van der Waals surface area contributed by atoms with Crippen LogP contribution in [0.25, 0.3) is 11.3 Å². The summed E-state index contributed by atoms with van der Waals surface area (Å²) < 4.78 is 32.3. The lowest BCUT2D eigenvalue weighted by Gasteiger charge is -2.15. The molecule has 0 unspecified atom stereocenters. The van der Waals surface area contributed by atoms with Crippen molar-refractivity contribution in [1.29, 1.82) is 0 Å². The third-order valence-electron chi connectivity index (χ3n) is 5.59. The molecule has 0 atom stereocenters. The zero-order valence-corrected chi connectivity index (χ0v) is 19.6. The number of benzene rings is 2. The molecule has 0 saturated carbocycles. The number of aromatic nitrogens is 1. The average molecular weight is 483 g/mol. The SMILES string of the molecule is Cc1ccc(-c2cnc(CCC(=O)NNC(=O)c3ccc(S(=O)(=O)N4CCCC4)cc3)o2)cc1. The van der Waals surface area contributed by atoms with E-state index in [2.05, 4.69) is 15.8 Å². The van der Waals surface area contributed by atoms with Gasteiger partial charge in [0.2, 0.25) is 15.9 Å². The van der Waals surface area contributed by atoms with Gasteiger partial charge in [-0.1, -0.05) is 29.8 Å². The standard InChI is InChI=1S/C24H26N4O5S/c1-17-4-6-18(7-5-17)21-16-25-23(33-21)13-12-22(29)26-27-24(30)19-8-10-20(11-9-19)34(31,32)28-14-2-3-15-28/h4-11,16H,2-3,12-15H2,1H3,(H,26,29)(H,27,30). The van der Waals surface area contributed by atoms with Crippen LogP contribution in [0.2, 0.25) is 0 Å². The summed E-state index contributed by atoms with van der Waals surface area (Å²) in [5.41, 5.74) is 6.97. The molecule has 3 aromatic rings. The largest absolute Gasteiger partial charge is 0.441 e. The first-order valence-electron chi connectivity index (χ1n) is 11.0. The highest BCUT2D eigenvalue weighted by molar-refractivity contribution is 7.89. The molecule has 2 aromatic carbocycles. The molecule has 4 rings (SSSR count). The second-order valence-electron chi connectivity index (χ2n) is 8.12. The molecule has 2 amide bonds. The Bertz CT molecular complexity index is 1260. The Morgan fingerprint density at radius 2 is 1.68 bits per heavy atom.